The van der Waals surface area contributed by atoms with Gasteiger partial charge in [-0.3, -0.25) is 4.79 Å². The number of nitrogens with zero attached hydrogens (tertiary/aromatic N) is 1. The average molecular weight is 288 g/mol. The standard InChI is InChI=1S/C16H20N2OS/c1-4-5-14-9-15(19)18-16(17-14)20-10-13-8-11(2)6-7-12(13)3/h6-9H,4-5,10H2,1-3H3,(H,17,18,19). The van der Waals surface area contributed by atoms with Crippen molar-refractivity contribution in [2.45, 2.75) is 44.5 Å². The molecular weight excluding hydrogens is 268 g/mol. The lowest BCUT2D eigenvalue weighted by molar-refractivity contribution is 0.816. The fourth-order valence-electron chi connectivity index (χ4n) is 2.04. The molecule has 0 unspecified atom stereocenters. The van der Waals surface area contributed by atoms with Gasteiger partial charge in [0.2, 0.25) is 0 Å². The van der Waals surface area contributed by atoms with Crippen LogP contribution < -0.4 is 5.56 Å². The third-order valence-electron chi connectivity index (χ3n) is 3.15. The minimum Gasteiger partial charge on any atom is -0.301 e. The van der Waals surface area contributed by atoms with E-state index in [4.69, 9.17) is 0 Å². The number of aryl methyl sites for hydroxylation is 3. The van der Waals surface area contributed by atoms with Gasteiger partial charge in [0.1, 0.15) is 0 Å². The highest BCUT2D eigenvalue weighted by Gasteiger charge is 2.04. The van der Waals surface area contributed by atoms with Crippen LogP contribution in [0.3, 0.4) is 0 Å². The topological polar surface area (TPSA) is 45.8 Å². The SMILES string of the molecule is CCCc1cc(=O)[nH]c(SCc2cc(C)ccc2C)n1. The Morgan fingerprint density at radius 3 is 2.80 bits per heavy atom. The molecule has 0 atom stereocenters. The molecule has 2 aromatic rings. The monoisotopic (exact) mass is 288 g/mol. The lowest BCUT2D eigenvalue weighted by atomic mass is 10.1. The Bertz CT molecular complexity index is 649. The van der Waals surface area contributed by atoms with E-state index in [9.17, 15) is 4.79 Å². The van der Waals surface area contributed by atoms with Gasteiger partial charge >= 0.3 is 0 Å². The maximum absolute atomic E-state index is 11.6. The van der Waals surface area contributed by atoms with Crippen LogP contribution in [-0.4, -0.2) is 9.97 Å². The second kappa shape index (κ2) is 6.75. The summed E-state index contributed by atoms with van der Waals surface area (Å²) < 4.78 is 0. The first-order valence-corrected chi connectivity index (χ1v) is 7.86. The Hall–Kier alpha value is -1.55. The predicted octanol–water partition coefficient (Wildman–Crippen LogP) is 3.63. The second-order valence-corrected chi connectivity index (χ2v) is 5.97. The number of thioether (sulfide) groups is 1. The highest BCUT2D eigenvalue weighted by atomic mass is 32.2. The van der Waals surface area contributed by atoms with E-state index < -0.39 is 0 Å². The average Bonchev–Trinajstić information content (AvgIpc) is 2.40. The first-order chi connectivity index (χ1) is 9.58. The van der Waals surface area contributed by atoms with Crippen LogP contribution in [0.1, 0.15) is 35.7 Å². The maximum Gasteiger partial charge on any atom is 0.251 e. The van der Waals surface area contributed by atoms with Crippen molar-refractivity contribution >= 4 is 11.8 Å². The van der Waals surface area contributed by atoms with Crippen molar-refractivity contribution in [3.8, 4) is 0 Å². The van der Waals surface area contributed by atoms with Crippen LogP contribution in [0, 0.1) is 13.8 Å². The molecular formula is C16H20N2OS. The third-order valence-corrected chi connectivity index (χ3v) is 4.07. The number of aromatic nitrogens is 2. The van der Waals surface area contributed by atoms with E-state index in [0.29, 0.717) is 5.16 Å². The number of rotatable bonds is 5. The summed E-state index contributed by atoms with van der Waals surface area (Å²) in [5.41, 5.74) is 4.63. The lowest BCUT2D eigenvalue weighted by Crippen LogP contribution is -2.10. The van der Waals surface area contributed by atoms with E-state index >= 15 is 0 Å². The van der Waals surface area contributed by atoms with Crippen LogP contribution in [0.5, 0.6) is 0 Å². The van der Waals surface area contributed by atoms with Crippen molar-refractivity contribution in [2.75, 3.05) is 0 Å². The number of nitrogens with one attached hydrogen (secondary N) is 1. The molecule has 4 heteroatoms. The van der Waals surface area contributed by atoms with Crippen LogP contribution in [0.2, 0.25) is 0 Å². The van der Waals surface area contributed by atoms with Crippen molar-refractivity contribution in [1.29, 1.82) is 0 Å². The van der Waals surface area contributed by atoms with E-state index in [-0.39, 0.29) is 5.56 Å². The molecule has 1 heterocycles. The van der Waals surface area contributed by atoms with Crippen molar-refractivity contribution in [2.24, 2.45) is 0 Å². The molecule has 2 rings (SSSR count). The van der Waals surface area contributed by atoms with Gasteiger partial charge < -0.3 is 4.98 Å². The molecule has 0 spiro atoms. The second-order valence-electron chi connectivity index (χ2n) is 5.01. The molecule has 0 amide bonds. The molecule has 0 saturated carbocycles. The summed E-state index contributed by atoms with van der Waals surface area (Å²) in [5, 5.41) is 0.710. The Balaban J connectivity index is 2.14. The van der Waals surface area contributed by atoms with Gasteiger partial charge in [0.05, 0.1) is 0 Å². The number of aromatic amines is 1. The van der Waals surface area contributed by atoms with Gasteiger partial charge in [-0.2, -0.15) is 0 Å². The van der Waals surface area contributed by atoms with E-state index in [0.717, 1.165) is 24.3 Å². The van der Waals surface area contributed by atoms with Crippen molar-refractivity contribution in [3.63, 3.8) is 0 Å². The van der Waals surface area contributed by atoms with E-state index in [1.54, 1.807) is 17.8 Å². The molecule has 20 heavy (non-hydrogen) atoms. The Kier molecular flexibility index (Phi) is 5.01. The summed E-state index contributed by atoms with van der Waals surface area (Å²) in [6.45, 7) is 6.29. The summed E-state index contributed by atoms with van der Waals surface area (Å²) in [5.74, 6) is 0.825. The van der Waals surface area contributed by atoms with Gasteiger partial charge in [-0.05, 0) is 31.4 Å². The van der Waals surface area contributed by atoms with Crippen LogP contribution in [0.15, 0.2) is 34.2 Å². The van der Waals surface area contributed by atoms with Gasteiger partial charge in [-0.15, -0.1) is 0 Å². The molecule has 0 saturated heterocycles. The molecule has 1 aromatic carbocycles. The predicted molar refractivity (Wildman–Crippen MR) is 84.3 cm³/mol. The Morgan fingerprint density at radius 1 is 1.25 bits per heavy atom. The molecule has 0 radical (unpaired) electrons. The van der Waals surface area contributed by atoms with Crippen LogP contribution in [0.25, 0.3) is 0 Å². The van der Waals surface area contributed by atoms with E-state index in [1.165, 1.54) is 16.7 Å². The van der Waals surface area contributed by atoms with Crippen LogP contribution in [-0.2, 0) is 12.2 Å². The van der Waals surface area contributed by atoms with Gasteiger partial charge in [0, 0.05) is 17.5 Å². The summed E-state index contributed by atoms with van der Waals surface area (Å²) in [7, 11) is 0. The van der Waals surface area contributed by atoms with Crippen LogP contribution in [0.4, 0.5) is 0 Å². The Labute approximate surface area is 123 Å². The largest absolute Gasteiger partial charge is 0.301 e. The van der Waals surface area contributed by atoms with E-state index in [1.807, 2.05) is 0 Å². The normalized spacial score (nSPS) is 10.8. The fraction of sp³-hybridized carbons (Fsp3) is 0.375. The first kappa shape index (κ1) is 14.9. The van der Waals surface area contributed by atoms with Crippen molar-refractivity contribution in [3.05, 3.63) is 57.0 Å². The molecule has 0 fully saturated rings. The number of H-pyrrole nitrogens is 1. The van der Waals surface area contributed by atoms with E-state index in [2.05, 4.69) is 48.9 Å². The van der Waals surface area contributed by atoms with Crippen LogP contribution >= 0.6 is 11.8 Å². The quantitative estimate of drug-likeness (QED) is 0.675. The third kappa shape index (κ3) is 3.97. The number of hydrogen-bond acceptors (Lipinski definition) is 3. The van der Waals surface area contributed by atoms with Gasteiger partial charge in [0.25, 0.3) is 5.56 Å². The molecule has 106 valence electrons. The minimum absolute atomic E-state index is 0.0630. The number of hydrogen-bond donors (Lipinski definition) is 1. The lowest BCUT2D eigenvalue weighted by Gasteiger charge is -2.07. The molecule has 0 aliphatic heterocycles. The van der Waals surface area contributed by atoms with Gasteiger partial charge in [-0.25, -0.2) is 4.98 Å². The molecule has 1 aromatic heterocycles. The van der Waals surface area contributed by atoms with Gasteiger partial charge in [-0.1, -0.05) is 48.9 Å². The zero-order chi connectivity index (χ0) is 14.5. The maximum atomic E-state index is 11.6. The summed E-state index contributed by atoms with van der Waals surface area (Å²) in [4.78, 5) is 18.9. The van der Waals surface area contributed by atoms with Crippen molar-refractivity contribution in [1.82, 2.24) is 9.97 Å². The molecule has 1 N–H and O–H groups in total. The Morgan fingerprint density at radius 2 is 2.05 bits per heavy atom. The molecule has 0 aliphatic rings. The summed E-state index contributed by atoms with van der Waals surface area (Å²) in [6.07, 6.45) is 1.85. The molecule has 3 nitrogen and oxygen atoms in total. The first-order valence-electron chi connectivity index (χ1n) is 6.87. The fourth-order valence-corrected chi connectivity index (χ4v) is 3.00. The van der Waals surface area contributed by atoms with Gasteiger partial charge in [0.15, 0.2) is 5.16 Å². The summed E-state index contributed by atoms with van der Waals surface area (Å²) in [6, 6.07) is 8.03. The molecule has 0 aliphatic carbocycles. The molecule has 0 bridgehead atoms. The highest BCUT2D eigenvalue weighted by Crippen LogP contribution is 2.21. The summed E-state index contributed by atoms with van der Waals surface area (Å²) >= 11 is 1.58. The zero-order valence-electron chi connectivity index (χ0n) is 12.2. The number of benzene rings is 1. The zero-order valence-corrected chi connectivity index (χ0v) is 13.0. The minimum atomic E-state index is -0.0630. The smallest absolute Gasteiger partial charge is 0.251 e. The van der Waals surface area contributed by atoms with Crippen molar-refractivity contribution < 1.29 is 0 Å². The highest BCUT2D eigenvalue weighted by molar-refractivity contribution is 7.98.